The van der Waals surface area contributed by atoms with Crippen molar-refractivity contribution in [3.63, 3.8) is 0 Å². The fourth-order valence-corrected chi connectivity index (χ4v) is 4.22. The van der Waals surface area contributed by atoms with Crippen molar-refractivity contribution >= 4 is 22.5 Å². The van der Waals surface area contributed by atoms with E-state index < -0.39 is 0 Å². The average Bonchev–Trinajstić information content (AvgIpc) is 3.03. The Morgan fingerprint density at radius 2 is 1.59 bits per heavy atom. The Hall–Kier alpha value is -2.31. The van der Waals surface area contributed by atoms with Gasteiger partial charge in [-0.3, -0.25) is 0 Å². The molecule has 1 N–H and O–H groups in total. The molecule has 0 saturated carbocycles. The molecule has 0 radical (unpaired) electrons. The second-order valence-corrected chi connectivity index (χ2v) is 8.54. The number of nitrogens with one attached hydrogen (secondary N) is 1. The number of amides is 2. The number of ether oxygens (including phenoxy) is 1. The molecule has 1 fully saturated rings. The van der Waals surface area contributed by atoms with Crippen LogP contribution in [-0.2, 0) is 0 Å². The van der Waals surface area contributed by atoms with E-state index in [-0.39, 0.29) is 6.03 Å². The lowest BCUT2D eigenvalue weighted by Crippen LogP contribution is -2.34. The highest BCUT2D eigenvalue weighted by atomic mass is 16.5. The fraction of sp³-hybridized carbons (Fsp3) is 0.522. The Bertz CT molecular complexity index is 819. The van der Waals surface area contributed by atoms with E-state index in [1.54, 1.807) is 0 Å². The van der Waals surface area contributed by atoms with Gasteiger partial charge in [0.2, 0.25) is 0 Å². The van der Waals surface area contributed by atoms with Gasteiger partial charge < -0.3 is 24.8 Å². The SMILES string of the molecule is CCOc1ccc2cc(NC(=O)N3C[C@@H](CN(C)C)[C@H](CN(C)C)C3)ccc2c1. The Labute approximate surface area is 174 Å². The summed E-state index contributed by atoms with van der Waals surface area (Å²) in [4.78, 5) is 19.3. The highest BCUT2D eigenvalue weighted by molar-refractivity contribution is 5.94. The van der Waals surface area contributed by atoms with E-state index in [9.17, 15) is 4.79 Å². The number of urea groups is 1. The second-order valence-electron chi connectivity index (χ2n) is 8.54. The molecule has 2 amide bonds. The van der Waals surface area contributed by atoms with Crippen LogP contribution < -0.4 is 10.1 Å². The van der Waals surface area contributed by atoms with Crippen LogP contribution in [0, 0.1) is 11.8 Å². The van der Waals surface area contributed by atoms with Gasteiger partial charge in [-0.25, -0.2) is 4.79 Å². The number of carbonyl (C=O) groups is 1. The second kappa shape index (κ2) is 9.46. The third-order valence-corrected chi connectivity index (χ3v) is 5.44. The minimum absolute atomic E-state index is 0.0136. The third-order valence-electron chi connectivity index (χ3n) is 5.44. The normalized spacial score (nSPS) is 19.3. The van der Waals surface area contributed by atoms with Gasteiger partial charge in [0.1, 0.15) is 5.75 Å². The van der Waals surface area contributed by atoms with E-state index >= 15 is 0 Å². The standard InChI is InChI=1S/C23H34N4O2/c1-6-29-22-10-8-17-11-21(9-7-18(17)12-22)24-23(28)27-15-19(13-25(2)3)20(16-27)14-26(4)5/h7-12,19-20H,6,13-16H2,1-5H3,(H,24,28)/t19-,20-/m1/s1. The summed E-state index contributed by atoms with van der Waals surface area (Å²) in [5.41, 5.74) is 0.826. The molecular formula is C23H34N4O2. The van der Waals surface area contributed by atoms with Crippen molar-refractivity contribution in [2.45, 2.75) is 6.92 Å². The molecule has 29 heavy (non-hydrogen) atoms. The summed E-state index contributed by atoms with van der Waals surface area (Å²) >= 11 is 0. The van der Waals surface area contributed by atoms with E-state index in [4.69, 9.17) is 4.74 Å². The summed E-state index contributed by atoms with van der Waals surface area (Å²) in [5.74, 6) is 1.85. The van der Waals surface area contributed by atoms with Crippen LogP contribution in [0.25, 0.3) is 10.8 Å². The molecule has 1 aliphatic rings. The van der Waals surface area contributed by atoms with Crippen molar-refractivity contribution in [3.05, 3.63) is 36.4 Å². The van der Waals surface area contributed by atoms with Crippen molar-refractivity contribution in [1.82, 2.24) is 14.7 Å². The van der Waals surface area contributed by atoms with Gasteiger partial charge in [0.15, 0.2) is 0 Å². The van der Waals surface area contributed by atoms with Crippen molar-refractivity contribution in [3.8, 4) is 5.75 Å². The Balaban J connectivity index is 1.68. The number of rotatable bonds is 7. The molecular weight excluding hydrogens is 364 g/mol. The zero-order valence-corrected chi connectivity index (χ0v) is 18.3. The van der Waals surface area contributed by atoms with Crippen LogP contribution in [0.5, 0.6) is 5.75 Å². The van der Waals surface area contributed by atoms with Gasteiger partial charge in [-0.15, -0.1) is 0 Å². The highest BCUT2D eigenvalue weighted by Gasteiger charge is 2.35. The molecule has 0 unspecified atom stereocenters. The number of anilines is 1. The lowest BCUT2D eigenvalue weighted by atomic mass is 9.95. The van der Waals surface area contributed by atoms with Crippen molar-refractivity contribution in [1.29, 1.82) is 0 Å². The van der Waals surface area contributed by atoms with Crippen LogP contribution in [0.1, 0.15) is 6.92 Å². The Morgan fingerprint density at radius 1 is 1.00 bits per heavy atom. The summed E-state index contributed by atoms with van der Waals surface area (Å²) < 4.78 is 5.57. The van der Waals surface area contributed by atoms with Crippen LogP contribution in [0.2, 0.25) is 0 Å². The van der Waals surface area contributed by atoms with Crippen LogP contribution in [0.3, 0.4) is 0 Å². The van der Waals surface area contributed by atoms with Gasteiger partial charge in [0.05, 0.1) is 6.61 Å². The topological polar surface area (TPSA) is 48.1 Å². The summed E-state index contributed by atoms with van der Waals surface area (Å²) in [6, 6.07) is 12.0. The maximum Gasteiger partial charge on any atom is 0.321 e. The van der Waals surface area contributed by atoms with Gasteiger partial charge in [-0.05, 0) is 82.0 Å². The molecule has 2 atom stereocenters. The molecule has 1 aliphatic heterocycles. The molecule has 158 valence electrons. The molecule has 0 bridgehead atoms. The maximum atomic E-state index is 12.9. The first-order valence-corrected chi connectivity index (χ1v) is 10.4. The van der Waals surface area contributed by atoms with Gasteiger partial charge in [0, 0.05) is 31.9 Å². The summed E-state index contributed by atoms with van der Waals surface area (Å²) in [7, 11) is 8.39. The molecule has 1 heterocycles. The van der Waals surface area contributed by atoms with Gasteiger partial charge in [0.25, 0.3) is 0 Å². The molecule has 1 saturated heterocycles. The molecule has 3 rings (SSSR count). The number of hydrogen-bond donors (Lipinski definition) is 1. The van der Waals surface area contributed by atoms with Crippen LogP contribution in [0.15, 0.2) is 36.4 Å². The third kappa shape index (κ3) is 5.61. The van der Waals surface area contributed by atoms with Crippen molar-refractivity contribution < 1.29 is 9.53 Å². The van der Waals surface area contributed by atoms with Crippen LogP contribution in [-0.4, -0.2) is 81.7 Å². The highest BCUT2D eigenvalue weighted by Crippen LogP contribution is 2.27. The number of hydrogen-bond acceptors (Lipinski definition) is 4. The zero-order valence-electron chi connectivity index (χ0n) is 18.3. The zero-order chi connectivity index (χ0) is 21.0. The quantitative estimate of drug-likeness (QED) is 0.776. The smallest absolute Gasteiger partial charge is 0.321 e. The minimum atomic E-state index is -0.0136. The monoisotopic (exact) mass is 398 g/mol. The van der Waals surface area contributed by atoms with E-state index in [1.807, 2.05) is 48.2 Å². The number of benzene rings is 2. The number of fused-ring (bicyclic) bond motifs is 1. The molecule has 6 heteroatoms. The first kappa shape index (κ1) is 21.4. The molecule has 2 aromatic rings. The van der Waals surface area contributed by atoms with E-state index in [0.29, 0.717) is 18.4 Å². The minimum Gasteiger partial charge on any atom is -0.494 e. The predicted molar refractivity (Wildman–Crippen MR) is 120 cm³/mol. The van der Waals surface area contributed by atoms with Crippen LogP contribution >= 0.6 is 0 Å². The van der Waals surface area contributed by atoms with Gasteiger partial charge in [-0.1, -0.05) is 12.1 Å². The van der Waals surface area contributed by atoms with E-state index in [2.05, 4.69) is 43.3 Å². The number of likely N-dealkylation sites (tertiary alicyclic amines) is 1. The Kier molecular flexibility index (Phi) is 6.98. The summed E-state index contributed by atoms with van der Waals surface area (Å²) in [6.45, 7) is 6.23. The lowest BCUT2D eigenvalue weighted by Gasteiger charge is -2.24. The van der Waals surface area contributed by atoms with Gasteiger partial charge in [-0.2, -0.15) is 0 Å². The van der Waals surface area contributed by atoms with Gasteiger partial charge >= 0.3 is 6.03 Å². The predicted octanol–water partition coefficient (Wildman–Crippen LogP) is 3.44. The number of nitrogens with zero attached hydrogens (tertiary/aromatic N) is 3. The number of carbonyl (C=O) groups excluding carboxylic acids is 1. The molecule has 0 aliphatic carbocycles. The van der Waals surface area contributed by atoms with Crippen LogP contribution in [0.4, 0.5) is 10.5 Å². The van der Waals surface area contributed by atoms with E-state index in [1.165, 1.54) is 0 Å². The largest absolute Gasteiger partial charge is 0.494 e. The molecule has 0 aromatic heterocycles. The summed E-state index contributed by atoms with van der Waals surface area (Å²) in [5, 5.41) is 5.28. The first-order valence-electron chi connectivity index (χ1n) is 10.4. The van der Waals surface area contributed by atoms with Crippen molar-refractivity contribution in [2.24, 2.45) is 11.8 Å². The first-order chi connectivity index (χ1) is 13.9. The molecule has 0 spiro atoms. The van der Waals surface area contributed by atoms with Crippen molar-refractivity contribution in [2.75, 3.05) is 66.3 Å². The molecule has 6 nitrogen and oxygen atoms in total. The van der Waals surface area contributed by atoms with E-state index in [0.717, 1.165) is 48.4 Å². The molecule has 2 aromatic carbocycles. The Morgan fingerprint density at radius 3 is 2.17 bits per heavy atom. The maximum absolute atomic E-state index is 12.9. The fourth-order valence-electron chi connectivity index (χ4n) is 4.22. The average molecular weight is 399 g/mol. The lowest BCUT2D eigenvalue weighted by molar-refractivity contribution is 0.218. The summed E-state index contributed by atoms with van der Waals surface area (Å²) in [6.07, 6.45) is 0.